The van der Waals surface area contributed by atoms with E-state index in [1.54, 1.807) is 0 Å². The highest BCUT2D eigenvalue weighted by molar-refractivity contribution is 5.15. The lowest BCUT2D eigenvalue weighted by Gasteiger charge is -2.59. The number of fused-ring (bicyclic) bond motifs is 5. The first-order valence-corrected chi connectivity index (χ1v) is 11.4. The predicted octanol–water partition coefficient (Wildman–Crippen LogP) is 6.78. The van der Waals surface area contributed by atoms with Crippen molar-refractivity contribution in [3.63, 3.8) is 0 Å². The van der Waals surface area contributed by atoms with E-state index in [0.717, 1.165) is 30.3 Å². The van der Waals surface area contributed by atoms with Gasteiger partial charge in [-0.1, -0.05) is 56.3 Å². The molecule has 0 saturated heterocycles. The Morgan fingerprint density at radius 2 is 1.70 bits per heavy atom. The van der Waals surface area contributed by atoms with Crippen molar-refractivity contribution in [2.24, 2.45) is 34.5 Å². The van der Waals surface area contributed by atoms with Gasteiger partial charge in [0.05, 0.1) is 12.7 Å². The lowest BCUT2D eigenvalue weighted by Crippen LogP contribution is -2.53. The first-order chi connectivity index (χ1) is 13.1. The van der Waals surface area contributed by atoms with Crippen LogP contribution in [0.4, 0.5) is 0 Å². The molecule has 0 unspecified atom stereocenters. The standard InChI is InChI=1S/C26H36O/c1-25-16-7-6-10-20(25)11-12-21-22-13-14-24(26(22,2)17-15-23(21)25)27-18-19-8-4-3-5-9-19/h3-9,20-24H,10-18H2,1-2H3/t20-,21-,22-,23-,24-,25-,26-/m0/s1. The molecule has 1 heteroatoms. The van der Waals surface area contributed by atoms with Gasteiger partial charge in [0.25, 0.3) is 0 Å². The van der Waals surface area contributed by atoms with Gasteiger partial charge in [0, 0.05) is 0 Å². The number of hydrogen-bond donors (Lipinski definition) is 0. The van der Waals surface area contributed by atoms with E-state index in [9.17, 15) is 0 Å². The number of ether oxygens (including phenoxy) is 1. The normalized spacial score (nSPS) is 45.8. The fourth-order valence-corrected chi connectivity index (χ4v) is 7.83. The maximum atomic E-state index is 6.56. The number of rotatable bonds is 3. The van der Waals surface area contributed by atoms with Crippen LogP contribution in [0.15, 0.2) is 42.5 Å². The molecule has 1 aromatic rings. The Morgan fingerprint density at radius 1 is 0.889 bits per heavy atom. The molecule has 4 aliphatic rings. The third kappa shape index (κ3) is 2.84. The molecule has 3 fully saturated rings. The Kier molecular flexibility index (Phi) is 4.50. The average Bonchev–Trinajstić information content (AvgIpc) is 3.03. The summed E-state index contributed by atoms with van der Waals surface area (Å²) in [4.78, 5) is 0. The van der Waals surface area contributed by atoms with Crippen LogP contribution in [0.2, 0.25) is 0 Å². The second kappa shape index (κ2) is 6.76. The highest BCUT2D eigenvalue weighted by atomic mass is 16.5. The van der Waals surface area contributed by atoms with Crippen LogP contribution in [0.25, 0.3) is 0 Å². The maximum Gasteiger partial charge on any atom is 0.0720 e. The first-order valence-electron chi connectivity index (χ1n) is 11.4. The van der Waals surface area contributed by atoms with Gasteiger partial charge >= 0.3 is 0 Å². The van der Waals surface area contributed by atoms with E-state index in [4.69, 9.17) is 4.74 Å². The van der Waals surface area contributed by atoms with Crippen LogP contribution in [0.3, 0.4) is 0 Å². The van der Waals surface area contributed by atoms with Crippen molar-refractivity contribution in [3.8, 4) is 0 Å². The minimum atomic E-state index is 0.406. The monoisotopic (exact) mass is 364 g/mol. The minimum absolute atomic E-state index is 0.406. The van der Waals surface area contributed by atoms with Gasteiger partial charge in [-0.3, -0.25) is 0 Å². The van der Waals surface area contributed by atoms with Gasteiger partial charge in [-0.05, 0) is 91.4 Å². The van der Waals surface area contributed by atoms with Crippen LogP contribution in [0.5, 0.6) is 0 Å². The fourth-order valence-electron chi connectivity index (χ4n) is 7.83. The number of benzene rings is 1. The Balaban J connectivity index is 1.33. The van der Waals surface area contributed by atoms with Gasteiger partial charge in [0.2, 0.25) is 0 Å². The van der Waals surface area contributed by atoms with Gasteiger partial charge in [0.15, 0.2) is 0 Å². The van der Waals surface area contributed by atoms with E-state index in [-0.39, 0.29) is 0 Å². The Morgan fingerprint density at radius 3 is 2.56 bits per heavy atom. The molecule has 0 aromatic heterocycles. The molecular weight excluding hydrogens is 328 g/mol. The summed E-state index contributed by atoms with van der Waals surface area (Å²) in [5, 5.41) is 0. The molecule has 3 saturated carbocycles. The van der Waals surface area contributed by atoms with Crippen molar-refractivity contribution in [2.75, 3.05) is 0 Å². The lowest BCUT2D eigenvalue weighted by molar-refractivity contribution is -0.124. The zero-order valence-corrected chi connectivity index (χ0v) is 17.2. The van der Waals surface area contributed by atoms with Gasteiger partial charge in [-0.15, -0.1) is 0 Å². The lowest BCUT2D eigenvalue weighted by atomic mass is 9.46. The fraction of sp³-hybridized carbons (Fsp3) is 0.692. The second-order valence-corrected chi connectivity index (χ2v) is 10.5. The molecule has 0 N–H and O–H groups in total. The highest BCUT2D eigenvalue weighted by Crippen LogP contribution is 2.66. The quantitative estimate of drug-likeness (QED) is 0.537. The van der Waals surface area contributed by atoms with E-state index in [1.165, 1.54) is 56.9 Å². The van der Waals surface area contributed by atoms with Crippen molar-refractivity contribution < 1.29 is 4.74 Å². The van der Waals surface area contributed by atoms with Crippen molar-refractivity contribution in [1.29, 1.82) is 0 Å². The van der Waals surface area contributed by atoms with Crippen LogP contribution < -0.4 is 0 Å². The smallest absolute Gasteiger partial charge is 0.0720 e. The Labute approximate surface area is 165 Å². The van der Waals surface area contributed by atoms with Crippen LogP contribution in [-0.4, -0.2) is 6.10 Å². The summed E-state index contributed by atoms with van der Waals surface area (Å²) >= 11 is 0. The zero-order valence-electron chi connectivity index (χ0n) is 17.2. The average molecular weight is 365 g/mol. The van der Waals surface area contributed by atoms with Crippen LogP contribution in [-0.2, 0) is 11.3 Å². The molecule has 27 heavy (non-hydrogen) atoms. The van der Waals surface area contributed by atoms with Gasteiger partial charge < -0.3 is 4.74 Å². The van der Waals surface area contributed by atoms with E-state index >= 15 is 0 Å². The minimum Gasteiger partial charge on any atom is -0.373 e. The summed E-state index contributed by atoms with van der Waals surface area (Å²) < 4.78 is 6.56. The molecule has 0 bridgehead atoms. The molecule has 146 valence electrons. The number of hydrogen-bond acceptors (Lipinski definition) is 1. The topological polar surface area (TPSA) is 9.23 Å². The summed E-state index contributed by atoms with van der Waals surface area (Å²) in [5.74, 6) is 3.73. The zero-order chi connectivity index (χ0) is 18.5. The summed E-state index contributed by atoms with van der Waals surface area (Å²) in [6.45, 7) is 6.00. The van der Waals surface area contributed by atoms with E-state index in [1.807, 2.05) is 0 Å². The van der Waals surface area contributed by atoms with Gasteiger partial charge in [0.1, 0.15) is 0 Å². The molecule has 7 atom stereocenters. The van der Waals surface area contributed by atoms with Crippen molar-refractivity contribution >= 4 is 0 Å². The summed E-state index contributed by atoms with van der Waals surface area (Å²) in [6, 6.07) is 10.7. The highest BCUT2D eigenvalue weighted by Gasteiger charge is 2.59. The van der Waals surface area contributed by atoms with Gasteiger partial charge in [-0.25, -0.2) is 0 Å². The van der Waals surface area contributed by atoms with Crippen molar-refractivity contribution in [3.05, 3.63) is 48.0 Å². The predicted molar refractivity (Wildman–Crippen MR) is 111 cm³/mol. The third-order valence-electron chi connectivity index (χ3n) is 9.42. The van der Waals surface area contributed by atoms with E-state index in [0.29, 0.717) is 16.9 Å². The Bertz CT molecular complexity index is 693. The van der Waals surface area contributed by atoms with Crippen molar-refractivity contribution in [1.82, 2.24) is 0 Å². The molecule has 0 heterocycles. The Hall–Kier alpha value is -1.08. The maximum absolute atomic E-state index is 6.56. The molecule has 0 amide bonds. The molecule has 0 aliphatic heterocycles. The van der Waals surface area contributed by atoms with E-state index in [2.05, 4.69) is 56.3 Å². The molecule has 0 radical (unpaired) electrons. The SMILES string of the molecule is C[C@]12CC=CC[C@H]1CC[C@@H]1[C@@H]2CC[C@]2(C)[C@@H](OCc3ccccc3)CC[C@@H]12. The molecule has 1 aromatic carbocycles. The summed E-state index contributed by atoms with van der Waals surface area (Å²) in [5.41, 5.74) is 2.30. The number of allylic oxidation sites excluding steroid dienone is 2. The van der Waals surface area contributed by atoms with Crippen LogP contribution in [0, 0.1) is 34.5 Å². The first kappa shape index (κ1) is 18.0. The molecular formula is C26H36O. The molecule has 0 spiro atoms. The van der Waals surface area contributed by atoms with Crippen molar-refractivity contribution in [2.45, 2.75) is 77.9 Å². The third-order valence-corrected chi connectivity index (χ3v) is 9.42. The molecule has 4 aliphatic carbocycles. The summed E-state index contributed by atoms with van der Waals surface area (Å²) in [7, 11) is 0. The molecule has 1 nitrogen and oxygen atoms in total. The van der Waals surface area contributed by atoms with Crippen LogP contribution >= 0.6 is 0 Å². The largest absolute Gasteiger partial charge is 0.373 e. The van der Waals surface area contributed by atoms with Gasteiger partial charge in [-0.2, -0.15) is 0 Å². The summed E-state index contributed by atoms with van der Waals surface area (Å²) in [6.07, 6.45) is 16.5. The van der Waals surface area contributed by atoms with E-state index < -0.39 is 0 Å². The van der Waals surface area contributed by atoms with Crippen LogP contribution in [0.1, 0.15) is 70.8 Å². The second-order valence-electron chi connectivity index (χ2n) is 10.5. The molecule has 5 rings (SSSR count).